The maximum Gasteiger partial charge on any atom is 0.262 e. The largest absolute Gasteiger partial charge is 0.494 e. The zero-order valence-corrected chi connectivity index (χ0v) is 19.8. The van der Waals surface area contributed by atoms with E-state index in [-0.39, 0.29) is 4.90 Å². The number of sulfonamides is 1. The van der Waals surface area contributed by atoms with Gasteiger partial charge in [-0.3, -0.25) is 4.72 Å². The van der Waals surface area contributed by atoms with Crippen LogP contribution < -0.4 is 14.4 Å². The molecule has 1 heterocycles. The molecular formula is C25H26N4O3S. The first-order chi connectivity index (χ1) is 15.8. The molecule has 1 aromatic heterocycles. The van der Waals surface area contributed by atoms with Crippen LogP contribution in [0.25, 0.3) is 16.8 Å². The Labute approximate surface area is 194 Å². The second-order valence-corrected chi connectivity index (χ2v) is 9.50. The van der Waals surface area contributed by atoms with Gasteiger partial charge in [0.05, 0.1) is 35.4 Å². The molecule has 33 heavy (non-hydrogen) atoms. The predicted octanol–water partition coefficient (Wildman–Crippen LogP) is 4.72. The topological polar surface area (TPSA) is 76.5 Å². The molecule has 0 unspecified atom stereocenters. The quantitative estimate of drug-likeness (QED) is 0.430. The highest BCUT2D eigenvalue weighted by molar-refractivity contribution is 7.92. The zero-order valence-electron chi connectivity index (χ0n) is 19.0. The van der Waals surface area contributed by atoms with Crippen molar-refractivity contribution < 1.29 is 13.2 Å². The summed E-state index contributed by atoms with van der Waals surface area (Å²) in [6, 6.07) is 19.9. The Hall–Kier alpha value is -3.78. The lowest BCUT2D eigenvalue weighted by atomic mass is 10.1. The minimum absolute atomic E-state index is 0.205. The number of imidazole rings is 1. The highest BCUT2D eigenvalue weighted by Gasteiger charge is 2.20. The fourth-order valence-corrected chi connectivity index (χ4v) is 4.88. The highest BCUT2D eigenvalue weighted by Crippen LogP contribution is 2.32. The molecule has 0 amide bonds. The van der Waals surface area contributed by atoms with Crippen molar-refractivity contribution in [2.45, 2.75) is 11.8 Å². The maximum atomic E-state index is 13.4. The van der Waals surface area contributed by atoms with E-state index in [4.69, 9.17) is 4.74 Å². The van der Waals surface area contributed by atoms with E-state index in [0.29, 0.717) is 17.0 Å². The van der Waals surface area contributed by atoms with Crippen LogP contribution in [-0.2, 0) is 10.0 Å². The molecule has 0 bridgehead atoms. The van der Waals surface area contributed by atoms with Gasteiger partial charge in [-0.25, -0.2) is 13.4 Å². The van der Waals surface area contributed by atoms with Gasteiger partial charge < -0.3 is 14.2 Å². The van der Waals surface area contributed by atoms with Gasteiger partial charge in [0.25, 0.3) is 10.0 Å². The van der Waals surface area contributed by atoms with Crippen LogP contribution in [-0.4, -0.2) is 39.2 Å². The summed E-state index contributed by atoms with van der Waals surface area (Å²) in [6.07, 6.45) is 3.56. The minimum Gasteiger partial charge on any atom is -0.494 e. The van der Waals surface area contributed by atoms with E-state index in [1.165, 1.54) is 0 Å². The Kier molecular flexibility index (Phi) is 6.11. The average molecular weight is 463 g/mol. The predicted molar refractivity (Wildman–Crippen MR) is 132 cm³/mol. The molecular weight excluding hydrogens is 436 g/mol. The molecule has 1 N–H and O–H groups in total. The summed E-state index contributed by atoms with van der Waals surface area (Å²) in [6.45, 7) is 1.90. The number of methoxy groups -OCH3 is 1. The molecule has 8 heteroatoms. The van der Waals surface area contributed by atoms with Crippen molar-refractivity contribution in [2.75, 3.05) is 30.8 Å². The molecule has 3 aromatic carbocycles. The Morgan fingerprint density at radius 2 is 1.73 bits per heavy atom. The summed E-state index contributed by atoms with van der Waals surface area (Å²) >= 11 is 0. The smallest absolute Gasteiger partial charge is 0.262 e. The summed E-state index contributed by atoms with van der Waals surface area (Å²) in [5.41, 5.74) is 4.54. The molecule has 0 aliphatic rings. The van der Waals surface area contributed by atoms with Crippen molar-refractivity contribution in [1.29, 1.82) is 0 Å². The van der Waals surface area contributed by atoms with Gasteiger partial charge in [0.15, 0.2) is 0 Å². The molecule has 0 aliphatic carbocycles. The second kappa shape index (κ2) is 8.99. The van der Waals surface area contributed by atoms with Gasteiger partial charge in [0.1, 0.15) is 5.75 Å². The van der Waals surface area contributed by atoms with Crippen LogP contribution in [0.1, 0.15) is 5.69 Å². The number of nitrogens with one attached hydrogen (secondary N) is 1. The molecule has 0 saturated carbocycles. The van der Waals surface area contributed by atoms with Crippen LogP contribution in [0.2, 0.25) is 0 Å². The minimum atomic E-state index is -3.85. The summed E-state index contributed by atoms with van der Waals surface area (Å²) < 4.78 is 36.7. The number of benzene rings is 3. The molecule has 0 radical (unpaired) electrons. The first kappa shape index (κ1) is 22.4. The van der Waals surface area contributed by atoms with E-state index in [9.17, 15) is 8.42 Å². The van der Waals surface area contributed by atoms with E-state index in [0.717, 1.165) is 22.6 Å². The van der Waals surface area contributed by atoms with Gasteiger partial charge in [0.2, 0.25) is 0 Å². The third-order valence-corrected chi connectivity index (χ3v) is 6.73. The van der Waals surface area contributed by atoms with Gasteiger partial charge >= 0.3 is 0 Å². The lowest BCUT2D eigenvalue weighted by Gasteiger charge is -2.16. The fraction of sp³-hybridized carbons (Fsp3) is 0.160. The van der Waals surface area contributed by atoms with Crippen LogP contribution in [0.15, 0.2) is 84.1 Å². The summed E-state index contributed by atoms with van der Waals surface area (Å²) in [4.78, 5) is 6.44. The first-order valence-corrected chi connectivity index (χ1v) is 11.9. The molecule has 170 valence electrons. The van der Waals surface area contributed by atoms with Crippen LogP contribution in [0.3, 0.4) is 0 Å². The van der Waals surface area contributed by atoms with Crippen LogP contribution >= 0.6 is 0 Å². The third kappa shape index (κ3) is 4.70. The van der Waals surface area contributed by atoms with Crippen molar-refractivity contribution in [2.24, 2.45) is 0 Å². The second-order valence-electron chi connectivity index (χ2n) is 7.85. The normalized spacial score (nSPS) is 11.3. The monoisotopic (exact) mass is 462 g/mol. The molecule has 0 aliphatic heterocycles. The number of aryl methyl sites for hydroxylation is 1. The fourth-order valence-electron chi connectivity index (χ4n) is 3.60. The van der Waals surface area contributed by atoms with E-state index >= 15 is 0 Å². The maximum absolute atomic E-state index is 13.4. The van der Waals surface area contributed by atoms with Gasteiger partial charge in [-0.05, 0) is 42.8 Å². The molecule has 0 atom stereocenters. The SMILES string of the molecule is COc1cc(NS(=O)(=O)c2ccccc2-c2ccc(N(C)C)cc2)ccc1-n1cnc(C)c1. The van der Waals surface area contributed by atoms with Crippen molar-refractivity contribution >= 4 is 21.4 Å². The Bertz CT molecular complexity index is 1380. The van der Waals surface area contributed by atoms with Crippen LogP contribution in [0.4, 0.5) is 11.4 Å². The van der Waals surface area contributed by atoms with Gasteiger partial charge in [-0.1, -0.05) is 30.3 Å². The lowest BCUT2D eigenvalue weighted by molar-refractivity contribution is 0.413. The van der Waals surface area contributed by atoms with Crippen LogP contribution in [0, 0.1) is 6.92 Å². The van der Waals surface area contributed by atoms with Crippen LogP contribution in [0.5, 0.6) is 5.75 Å². The summed E-state index contributed by atoms with van der Waals surface area (Å²) in [7, 11) is 1.62. The van der Waals surface area contributed by atoms with Crippen molar-refractivity contribution in [1.82, 2.24) is 9.55 Å². The number of rotatable bonds is 7. The molecule has 0 fully saturated rings. The summed E-state index contributed by atoms with van der Waals surface area (Å²) in [5, 5.41) is 0. The third-order valence-electron chi connectivity index (χ3n) is 5.29. The van der Waals surface area contributed by atoms with E-state index < -0.39 is 10.0 Å². The highest BCUT2D eigenvalue weighted by atomic mass is 32.2. The number of aromatic nitrogens is 2. The van der Waals surface area contributed by atoms with Crippen molar-refractivity contribution in [3.63, 3.8) is 0 Å². The van der Waals surface area contributed by atoms with Gasteiger partial charge in [-0.2, -0.15) is 0 Å². The summed E-state index contributed by atoms with van der Waals surface area (Å²) in [5.74, 6) is 0.528. The number of anilines is 2. The van der Waals surface area contributed by atoms with Gasteiger partial charge in [0, 0.05) is 37.6 Å². The Morgan fingerprint density at radius 3 is 2.36 bits per heavy atom. The number of hydrogen-bond acceptors (Lipinski definition) is 5. The molecule has 4 rings (SSSR count). The average Bonchev–Trinajstić information content (AvgIpc) is 3.24. The number of ether oxygens (including phenoxy) is 1. The standard InChI is InChI=1S/C25H26N4O3S/c1-18-16-29(17-26-18)23-14-11-20(15-24(23)32-4)27-33(30,31)25-8-6-5-7-22(25)19-9-12-21(13-10-19)28(2)3/h5-17,27H,1-4H3. The van der Waals surface area contributed by atoms with E-state index in [1.54, 1.807) is 43.8 Å². The molecule has 0 saturated heterocycles. The van der Waals surface area contributed by atoms with Gasteiger partial charge in [-0.15, -0.1) is 0 Å². The molecule has 0 spiro atoms. The number of hydrogen-bond donors (Lipinski definition) is 1. The molecule has 4 aromatic rings. The van der Waals surface area contributed by atoms with E-state index in [2.05, 4.69) is 9.71 Å². The Morgan fingerprint density at radius 1 is 1.00 bits per heavy atom. The zero-order chi connectivity index (χ0) is 23.6. The number of nitrogens with zero attached hydrogens (tertiary/aromatic N) is 3. The van der Waals surface area contributed by atoms with E-state index in [1.807, 2.05) is 73.1 Å². The van der Waals surface area contributed by atoms with Crippen molar-refractivity contribution in [3.05, 3.63) is 84.9 Å². The molecule has 7 nitrogen and oxygen atoms in total. The lowest BCUT2D eigenvalue weighted by Crippen LogP contribution is -2.14. The Balaban J connectivity index is 1.67. The first-order valence-electron chi connectivity index (χ1n) is 10.4. The van der Waals surface area contributed by atoms with Crippen molar-refractivity contribution in [3.8, 4) is 22.6 Å².